The zero-order valence-corrected chi connectivity index (χ0v) is 11.3. The molecule has 0 spiro atoms. The molecule has 0 unspecified atom stereocenters. The second kappa shape index (κ2) is 6.56. The molecule has 1 aromatic rings. The molecule has 1 aliphatic heterocycles. The summed E-state index contributed by atoms with van der Waals surface area (Å²) in [7, 11) is 0. The number of nitrogens with one attached hydrogen (secondary N) is 1. The number of halogens is 3. The Morgan fingerprint density at radius 1 is 1.15 bits per heavy atom. The molecular weight excluding hydrogens is 267 g/mol. The van der Waals surface area contributed by atoms with Crippen LogP contribution in [0.5, 0.6) is 0 Å². The fourth-order valence-corrected chi connectivity index (χ4v) is 2.38. The topological polar surface area (TPSA) is 41.3 Å². The number of nitrogens with zero attached hydrogens (tertiary/aromatic N) is 1. The van der Waals surface area contributed by atoms with Gasteiger partial charge < -0.3 is 5.32 Å². The first kappa shape index (κ1) is 15.3. The molecule has 0 aromatic heterocycles. The number of hydrogen-bond donors (Lipinski definition) is 2. The van der Waals surface area contributed by atoms with Crippen molar-refractivity contribution in [1.29, 1.82) is 0 Å². The lowest BCUT2D eigenvalue weighted by Crippen LogP contribution is -2.45. The predicted octanol–water partition coefficient (Wildman–Crippen LogP) is 2.18. The molecule has 0 radical (unpaired) electrons. The third-order valence-electron chi connectivity index (χ3n) is 3.66. The quantitative estimate of drug-likeness (QED) is 0.834. The maximum absolute atomic E-state index is 12.4. The molecule has 3 N–H and O–H groups in total. The van der Waals surface area contributed by atoms with Crippen LogP contribution in [0.2, 0.25) is 0 Å². The maximum Gasteiger partial charge on any atom is 0.416 e. The van der Waals surface area contributed by atoms with Crippen molar-refractivity contribution in [2.24, 2.45) is 5.84 Å². The molecule has 20 heavy (non-hydrogen) atoms. The zero-order valence-electron chi connectivity index (χ0n) is 11.3. The normalized spacial score (nSPS) is 18.4. The number of nitrogens with two attached hydrogens (primary N) is 1. The van der Waals surface area contributed by atoms with E-state index in [0.717, 1.165) is 56.6 Å². The van der Waals surface area contributed by atoms with Crippen LogP contribution in [0.3, 0.4) is 0 Å². The van der Waals surface area contributed by atoms with E-state index in [-0.39, 0.29) is 0 Å². The van der Waals surface area contributed by atoms with E-state index in [1.807, 2.05) is 5.01 Å². The first-order valence-electron chi connectivity index (χ1n) is 6.84. The van der Waals surface area contributed by atoms with Gasteiger partial charge in [-0.2, -0.15) is 13.2 Å². The van der Waals surface area contributed by atoms with E-state index < -0.39 is 11.7 Å². The van der Waals surface area contributed by atoms with Crippen molar-refractivity contribution in [3.05, 3.63) is 35.4 Å². The minimum Gasteiger partial charge on any atom is -0.314 e. The van der Waals surface area contributed by atoms with Gasteiger partial charge in [-0.15, -0.1) is 0 Å². The van der Waals surface area contributed by atoms with Crippen molar-refractivity contribution in [2.75, 3.05) is 19.6 Å². The lowest BCUT2D eigenvalue weighted by atomic mass is 10.1. The summed E-state index contributed by atoms with van der Waals surface area (Å²) in [5, 5.41) is 5.24. The Labute approximate surface area is 116 Å². The summed E-state index contributed by atoms with van der Waals surface area (Å²) in [6.07, 6.45) is -1.49. The minimum absolute atomic E-state index is 0.462. The van der Waals surface area contributed by atoms with Crippen LogP contribution in [0, 0.1) is 0 Å². The Morgan fingerprint density at radius 2 is 1.75 bits per heavy atom. The van der Waals surface area contributed by atoms with Crippen LogP contribution < -0.4 is 11.2 Å². The van der Waals surface area contributed by atoms with Gasteiger partial charge in [0.1, 0.15) is 0 Å². The highest BCUT2D eigenvalue weighted by molar-refractivity contribution is 5.24. The minimum atomic E-state index is -4.26. The summed E-state index contributed by atoms with van der Waals surface area (Å²) < 4.78 is 37.3. The lowest BCUT2D eigenvalue weighted by molar-refractivity contribution is -0.137. The smallest absolute Gasteiger partial charge is 0.314 e. The molecule has 0 bridgehead atoms. The molecule has 0 amide bonds. The molecule has 1 saturated heterocycles. The van der Waals surface area contributed by atoms with Crippen LogP contribution in [0.1, 0.15) is 24.0 Å². The van der Waals surface area contributed by atoms with Gasteiger partial charge in [-0.05, 0) is 43.5 Å². The fourth-order valence-electron chi connectivity index (χ4n) is 2.38. The maximum atomic E-state index is 12.4. The lowest BCUT2D eigenvalue weighted by Gasteiger charge is -2.29. The molecule has 3 nitrogen and oxygen atoms in total. The third kappa shape index (κ3) is 4.47. The summed E-state index contributed by atoms with van der Waals surface area (Å²) in [6, 6.07) is 5.84. The summed E-state index contributed by atoms with van der Waals surface area (Å²) in [4.78, 5) is 0. The van der Waals surface area contributed by atoms with Gasteiger partial charge in [0, 0.05) is 19.1 Å². The third-order valence-corrected chi connectivity index (χ3v) is 3.66. The van der Waals surface area contributed by atoms with E-state index >= 15 is 0 Å². The summed E-state index contributed by atoms with van der Waals surface area (Å²) in [6.45, 7) is 2.55. The molecule has 1 aromatic carbocycles. The molecule has 0 atom stereocenters. The van der Waals surface area contributed by atoms with E-state index in [1.54, 1.807) is 12.1 Å². The van der Waals surface area contributed by atoms with Crippen molar-refractivity contribution in [2.45, 2.75) is 31.5 Å². The largest absolute Gasteiger partial charge is 0.416 e. The van der Waals surface area contributed by atoms with Crippen LogP contribution in [0.15, 0.2) is 24.3 Å². The van der Waals surface area contributed by atoms with Crippen molar-refractivity contribution in [1.82, 2.24) is 10.3 Å². The van der Waals surface area contributed by atoms with Crippen molar-refractivity contribution in [3.63, 3.8) is 0 Å². The van der Waals surface area contributed by atoms with Gasteiger partial charge in [0.25, 0.3) is 0 Å². The molecule has 2 rings (SSSR count). The van der Waals surface area contributed by atoms with Gasteiger partial charge in [-0.1, -0.05) is 12.1 Å². The molecule has 0 aliphatic carbocycles. The van der Waals surface area contributed by atoms with Gasteiger partial charge >= 0.3 is 6.18 Å². The number of hydrazine groups is 1. The van der Waals surface area contributed by atoms with Crippen molar-refractivity contribution < 1.29 is 13.2 Å². The Hall–Kier alpha value is -1.11. The number of piperidine rings is 1. The Morgan fingerprint density at radius 3 is 2.30 bits per heavy atom. The second-order valence-corrected chi connectivity index (χ2v) is 5.21. The van der Waals surface area contributed by atoms with Gasteiger partial charge in [0.05, 0.1) is 5.56 Å². The highest BCUT2D eigenvalue weighted by Gasteiger charge is 2.29. The van der Waals surface area contributed by atoms with Gasteiger partial charge in [-0.3, -0.25) is 5.84 Å². The highest BCUT2D eigenvalue weighted by atomic mass is 19.4. The molecule has 112 valence electrons. The van der Waals surface area contributed by atoms with Gasteiger partial charge in [-0.25, -0.2) is 5.01 Å². The van der Waals surface area contributed by atoms with E-state index in [2.05, 4.69) is 5.32 Å². The van der Waals surface area contributed by atoms with E-state index in [1.165, 1.54) is 0 Å². The first-order chi connectivity index (χ1) is 9.45. The standard InChI is InChI=1S/C14H20F3N3/c15-14(16,17)12-3-1-11(2-4-12)5-8-19-13-6-9-20(18)10-7-13/h1-4,13,19H,5-10,18H2. The Balaban J connectivity index is 1.74. The summed E-state index contributed by atoms with van der Waals surface area (Å²) >= 11 is 0. The van der Waals surface area contributed by atoms with E-state index in [0.29, 0.717) is 6.04 Å². The Kier molecular flexibility index (Phi) is 5.01. The van der Waals surface area contributed by atoms with Crippen LogP contribution in [-0.4, -0.2) is 30.7 Å². The highest BCUT2D eigenvalue weighted by Crippen LogP contribution is 2.29. The molecule has 1 heterocycles. The average molecular weight is 287 g/mol. The number of rotatable bonds is 4. The molecule has 0 saturated carbocycles. The average Bonchev–Trinajstić information content (AvgIpc) is 2.41. The fraction of sp³-hybridized carbons (Fsp3) is 0.571. The van der Waals surface area contributed by atoms with Gasteiger partial charge in [0.2, 0.25) is 0 Å². The Bertz CT molecular complexity index is 409. The van der Waals surface area contributed by atoms with Crippen molar-refractivity contribution in [3.8, 4) is 0 Å². The first-order valence-corrected chi connectivity index (χ1v) is 6.84. The SMILES string of the molecule is NN1CCC(NCCc2ccc(C(F)(F)F)cc2)CC1. The monoisotopic (exact) mass is 287 g/mol. The number of alkyl halides is 3. The molecule has 1 fully saturated rings. The van der Waals surface area contributed by atoms with Crippen molar-refractivity contribution >= 4 is 0 Å². The number of hydrogen-bond acceptors (Lipinski definition) is 3. The number of benzene rings is 1. The van der Waals surface area contributed by atoms with E-state index in [4.69, 9.17) is 5.84 Å². The van der Waals surface area contributed by atoms with E-state index in [9.17, 15) is 13.2 Å². The molecular formula is C14H20F3N3. The van der Waals surface area contributed by atoms with Crippen LogP contribution >= 0.6 is 0 Å². The summed E-state index contributed by atoms with van der Waals surface area (Å²) in [5.41, 5.74) is 0.325. The molecule has 1 aliphatic rings. The van der Waals surface area contributed by atoms with Gasteiger partial charge in [0.15, 0.2) is 0 Å². The summed E-state index contributed by atoms with van der Waals surface area (Å²) in [5.74, 6) is 5.68. The predicted molar refractivity (Wildman–Crippen MR) is 71.9 cm³/mol. The zero-order chi connectivity index (χ0) is 14.6. The van der Waals surface area contributed by atoms with Crippen LogP contribution in [0.25, 0.3) is 0 Å². The molecule has 6 heteroatoms. The van der Waals surface area contributed by atoms with Crippen LogP contribution in [-0.2, 0) is 12.6 Å². The van der Waals surface area contributed by atoms with Crippen LogP contribution in [0.4, 0.5) is 13.2 Å². The second-order valence-electron chi connectivity index (χ2n) is 5.21.